The van der Waals surface area contributed by atoms with Gasteiger partial charge in [-0.25, -0.2) is 4.79 Å². The third-order valence-corrected chi connectivity index (χ3v) is 3.73. The number of alkyl carbamates (subject to hydrolysis) is 1. The van der Waals surface area contributed by atoms with Crippen molar-refractivity contribution in [2.45, 2.75) is 52.4 Å². The number of benzene rings is 1. The molecule has 0 bridgehead atoms. The lowest BCUT2D eigenvalue weighted by molar-refractivity contribution is -0.138. The fourth-order valence-electron chi connectivity index (χ4n) is 2.36. The molecule has 0 unspecified atom stereocenters. The summed E-state index contributed by atoms with van der Waals surface area (Å²) in [5, 5.41) is 8.60. The molecule has 0 saturated heterocycles. The summed E-state index contributed by atoms with van der Waals surface area (Å²) in [7, 11) is 0. The number of hydrogen-bond acceptors (Lipinski definition) is 5. The van der Waals surface area contributed by atoms with E-state index in [1.54, 1.807) is 27.7 Å². The van der Waals surface area contributed by atoms with Crippen molar-refractivity contribution in [2.75, 3.05) is 5.32 Å². The van der Waals surface area contributed by atoms with Gasteiger partial charge in [0.1, 0.15) is 11.3 Å². The molecule has 158 valence electrons. The zero-order valence-corrected chi connectivity index (χ0v) is 16.6. The lowest BCUT2D eigenvalue weighted by Gasteiger charge is -2.21. The Morgan fingerprint density at radius 3 is 2.41 bits per heavy atom. The van der Waals surface area contributed by atoms with Crippen LogP contribution in [0.15, 0.2) is 28.8 Å². The summed E-state index contributed by atoms with van der Waals surface area (Å²) in [6.07, 6.45) is -5.20. The third-order valence-electron chi connectivity index (χ3n) is 3.73. The summed E-state index contributed by atoms with van der Waals surface area (Å²) in [6, 6.07) is 4.13. The number of amides is 2. The van der Waals surface area contributed by atoms with Crippen LogP contribution in [0.2, 0.25) is 0 Å². The molecule has 2 amide bonds. The number of nitrogens with zero attached hydrogens (tertiary/aromatic N) is 1. The molecule has 2 N–H and O–H groups in total. The molecule has 0 aliphatic rings. The standard InChI is InChI=1S/C19H22F3N3O4/c1-10-6-7-12(8-13(10)19(20,21)22)24-16(26)15-9-14(25-29-15)11(2)23-17(27)28-18(3,4)5/h6-9,11H,1-5H3,(H,23,27)(H,24,26)/t11-/m0/s1. The van der Waals surface area contributed by atoms with Gasteiger partial charge in [-0.2, -0.15) is 13.2 Å². The second-order valence-corrected chi connectivity index (χ2v) is 7.47. The number of carbonyl (C=O) groups excluding carboxylic acids is 2. The molecule has 0 saturated carbocycles. The van der Waals surface area contributed by atoms with Gasteiger partial charge in [0.2, 0.25) is 5.76 Å². The van der Waals surface area contributed by atoms with E-state index >= 15 is 0 Å². The van der Waals surface area contributed by atoms with Crippen molar-refractivity contribution in [2.24, 2.45) is 0 Å². The van der Waals surface area contributed by atoms with E-state index in [0.29, 0.717) is 0 Å². The summed E-state index contributed by atoms with van der Waals surface area (Å²) in [4.78, 5) is 24.1. The zero-order chi connectivity index (χ0) is 22.0. The molecule has 0 aliphatic carbocycles. The second-order valence-electron chi connectivity index (χ2n) is 7.47. The Labute approximate surface area is 165 Å². The molecule has 0 spiro atoms. The SMILES string of the molecule is Cc1ccc(NC(=O)c2cc([C@H](C)NC(=O)OC(C)(C)C)no2)cc1C(F)(F)F. The Morgan fingerprint density at radius 2 is 1.83 bits per heavy atom. The van der Waals surface area contributed by atoms with Crippen molar-refractivity contribution in [3.63, 3.8) is 0 Å². The fourth-order valence-corrected chi connectivity index (χ4v) is 2.36. The van der Waals surface area contributed by atoms with E-state index in [9.17, 15) is 22.8 Å². The molecule has 1 aromatic heterocycles. The minimum absolute atomic E-state index is 0.0363. The predicted molar refractivity (Wildman–Crippen MR) is 98.4 cm³/mol. The number of carbonyl (C=O) groups is 2. The number of hydrogen-bond donors (Lipinski definition) is 2. The molecule has 2 rings (SSSR count). The van der Waals surface area contributed by atoms with Crippen LogP contribution in [0, 0.1) is 6.92 Å². The van der Waals surface area contributed by atoms with Crippen LogP contribution in [-0.4, -0.2) is 22.8 Å². The van der Waals surface area contributed by atoms with Crippen LogP contribution in [0.3, 0.4) is 0 Å². The third kappa shape index (κ3) is 6.23. The quantitative estimate of drug-likeness (QED) is 0.748. The number of ether oxygens (including phenoxy) is 1. The maximum Gasteiger partial charge on any atom is 0.416 e. The summed E-state index contributed by atoms with van der Waals surface area (Å²) in [6.45, 7) is 8.08. The minimum atomic E-state index is -4.53. The van der Waals surface area contributed by atoms with Gasteiger partial charge in [-0.05, 0) is 52.3 Å². The van der Waals surface area contributed by atoms with E-state index in [2.05, 4.69) is 15.8 Å². The monoisotopic (exact) mass is 413 g/mol. The number of halogens is 3. The lowest BCUT2D eigenvalue weighted by Crippen LogP contribution is -2.34. The first-order valence-electron chi connectivity index (χ1n) is 8.71. The number of anilines is 1. The highest BCUT2D eigenvalue weighted by molar-refractivity contribution is 6.02. The van der Waals surface area contributed by atoms with Gasteiger partial charge >= 0.3 is 12.3 Å². The molecule has 2 aromatic rings. The van der Waals surface area contributed by atoms with E-state index in [1.165, 1.54) is 25.1 Å². The molecular weight excluding hydrogens is 391 g/mol. The topological polar surface area (TPSA) is 93.5 Å². The smallest absolute Gasteiger partial charge is 0.416 e. The Morgan fingerprint density at radius 1 is 1.17 bits per heavy atom. The maximum atomic E-state index is 13.0. The van der Waals surface area contributed by atoms with Crippen LogP contribution in [0.1, 0.15) is 61.1 Å². The highest BCUT2D eigenvalue weighted by atomic mass is 19.4. The summed E-state index contributed by atoms with van der Waals surface area (Å²) in [5.74, 6) is -0.989. The normalized spacial score (nSPS) is 13.0. The molecule has 0 aliphatic heterocycles. The van der Waals surface area contributed by atoms with Crippen LogP contribution in [0.5, 0.6) is 0 Å². The van der Waals surface area contributed by atoms with E-state index in [4.69, 9.17) is 9.26 Å². The Hall–Kier alpha value is -3.04. The summed E-state index contributed by atoms with van der Waals surface area (Å²) in [5.41, 5.74) is -1.27. The Balaban J connectivity index is 2.07. The van der Waals surface area contributed by atoms with E-state index in [-0.39, 0.29) is 22.7 Å². The highest BCUT2D eigenvalue weighted by Crippen LogP contribution is 2.33. The van der Waals surface area contributed by atoms with Crippen molar-refractivity contribution in [1.29, 1.82) is 0 Å². The van der Waals surface area contributed by atoms with Gasteiger partial charge in [-0.15, -0.1) is 0 Å². The molecule has 1 atom stereocenters. The Bertz CT molecular complexity index is 901. The second kappa shape index (κ2) is 8.14. The van der Waals surface area contributed by atoms with Crippen LogP contribution in [0.25, 0.3) is 0 Å². The largest absolute Gasteiger partial charge is 0.444 e. The van der Waals surface area contributed by atoms with Gasteiger partial charge in [-0.3, -0.25) is 4.79 Å². The highest BCUT2D eigenvalue weighted by Gasteiger charge is 2.32. The summed E-state index contributed by atoms with van der Waals surface area (Å²) >= 11 is 0. The molecule has 0 radical (unpaired) electrons. The molecule has 1 aromatic carbocycles. The molecule has 7 nitrogen and oxygen atoms in total. The van der Waals surface area contributed by atoms with Gasteiger partial charge in [0, 0.05) is 11.8 Å². The van der Waals surface area contributed by atoms with Gasteiger partial charge < -0.3 is 19.9 Å². The van der Waals surface area contributed by atoms with Crippen LogP contribution in [-0.2, 0) is 10.9 Å². The average molecular weight is 413 g/mol. The van der Waals surface area contributed by atoms with Crippen molar-refractivity contribution < 1.29 is 32.0 Å². The van der Waals surface area contributed by atoms with Crippen molar-refractivity contribution in [1.82, 2.24) is 10.5 Å². The Kier molecular flexibility index (Phi) is 6.24. The fraction of sp³-hybridized carbons (Fsp3) is 0.421. The minimum Gasteiger partial charge on any atom is -0.444 e. The van der Waals surface area contributed by atoms with E-state index < -0.39 is 35.4 Å². The number of alkyl halides is 3. The average Bonchev–Trinajstić information content (AvgIpc) is 3.04. The van der Waals surface area contributed by atoms with Crippen molar-refractivity contribution in [3.8, 4) is 0 Å². The van der Waals surface area contributed by atoms with Gasteiger partial charge in [0.15, 0.2) is 0 Å². The van der Waals surface area contributed by atoms with Crippen LogP contribution >= 0.6 is 0 Å². The number of aromatic nitrogens is 1. The first kappa shape index (κ1) is 22.3. The zero-order valence-electron chi connectivity index (χ0n) is 16.6. The maximum absolute atomic E-state index is 13.0. The predicted octanol–water partition coefficient (Wildman–Crippen LogP) is 4.84. The summed E-state index contributed by atoms with van der Waals surface area (Å²) < 4.78 is 49.1. The van der Waals surface area contributed by atoms with Crippen molar-refractivity contribution in [3.05, 3.63) is 46.8 Å². The van der Waals surface area contributed by atoms with E-state index in [0.717, 1.165) is 6.07 Å². The molecular formula is C19H22F3N3O4. The number of nitrogens with one attached hydrogen (secondary N) is 2. The van der Waals surface area contributed by atoms with Crippen LogP contribution in [0.4, 0.5) is 23.7 Å². The van der Waals surface area contributed by atoms with Gasteiger partial charge in [0.05, 0.1) is 11.6 Å². The molecule has 10 heteroatoms. The van der Waals surface area contributed by atoms with E-state index in [1.807, 2.05) is 0 Å². The molecule has 29 heavy (non-hydrogen) atoms. The molecule has 1 heterocycles. The first-order chi connectivity index (χ1) is 13.3. The lowest BCUT2D eigenvalue weighted by atomic mass is 10.1. The van der Waals surface area contributed by atoms with Gasteiger partial charge in [-0.1, -0.05) is 11.2 Å². The van der Waals surface area contributed by atoms with Gasteiger partial charge in [0.25, 0.3) is 5.91 Å². The number of aryl methyl sites for hydroxylation is 1. The van der Waals surface area contributed by atoms with Crippen LogP contribution < -0.4 is 10.6 Å². The molecule has 0 fully saturated rings. The van der Waals surface area contributed by atoms with Crippen molar-refractivity contribution >= 4 is 17.7 Å². The first-order valence-corrected chi connectivity index (χ1v) is 8.71. The number of rotatable bonds is 4.